The van der Waals surface area contributed by atoms with Crippen LogP contribution in [0.25, 0.3) is 10.4 Å². The molecule has 0 aromatic rings. The van der Waals surface area contributed by atoms with Crippen molar-refractivity contribution in [3.05, 3.63) is 22.0 Å². The molecule has 154 valence electrons. The van der Waals surface area contributed by atoms with E-state index in [9.17, 15) is 9.36 Å². The van der Waals surface area contributed by atoms with Crippen molar-refractivity contribution in [2.24, 2.45) is 17.0 Å². The zero-order chi connectivity index (χ0) is 20.6. The summed E-state index contributed by atoms with van der Waals surface area (Å²) in [5.74, 6) is -0.768. The zero-order valence-corrected chi connectivity index (χ0v) is 17.7. The highest BCUT2D eigenvalue weighted by atomic mass is 31.2. The lowest BCUT2D eigenvalue weighted by Crippen LogP contribution is -2.46. The second-order valence-corrected chi connectivity index (χ2v) is 8.39. The molecule has 1 rings (SSSR count). The first-order valence-electron chi connectivity index (χ1n) is 9.23. The second-order valence-electron chi connectivity index (χ2n) is 6.43. The van der Waals surface area contributed by atoms with Crippen LogP contribution in [0.5, 0.6) is 0 Å². The van der Waals surface area contributed by atoms with Crippen LogP contribution in [0.3, 0.4) is 0 Å². The summed E-state index contributed by atoms with van der Waals surface area (Å²) < 4.78 is 35.4. The fourth-order valence-corrected chi connectivity index (χ4v) is 4.53. The van der Waals surface area contributed by atoms with Crippen LogP contribution < -0.4 is 0 Å². The largest absolute Gasteiger partial charge is 0.478 e. The third kappa shape index (κ3) is 5.98. The molecule has 0 radical (unpaired) electrons. The summed E-state index contributed by atoms with van der Waals surface area (Å²) in [5, 5.41) is 3.80. The van der Waals surface area contributed by atoms with Crippen molar-refractivity contribution in [3.63, 3.8) is 0 Å². The number of hydrogen-bond acceptors (Lipinski definition) is 7. The van der Waals surface area contributed by atoms with Gasteiger partial charge in [-0.3, -0.25) is 9.36 Å². The van der Waals surface area contributed by atoms with E-state index in [1.54, 1.807) is 13.8 Å². The molecule has 9 nitrogen and oxygen atoms in total. The monoisotopic (exact) mass is 403 g/mol. The number of nitrogens with zero attached hydrogens (tertiary/aromatic N) is 3. The van der Waals surface area contributed by atoms with E-state index in [0.29, 0.717) is 0 Å². The normalized spacial score (nSPS) is 24.8. The molecule has 1 aliphatic rings. The maximum absolute atomic E-state index is 13.2. The lowest BCUT2D eigenvalue weighted by Gasteiger charge is -2.40. The molecular formula is C17H30N3O6P. The van der Waals surface area contributed by atoms with Gasteiger partial charge in [0.2, 0.25) is 5.50 Å². The molecule has 5 atom stereocenters. The molecule has 0 aromatic carbocycles. The Morgan fingerprint density at radius 2 is 1.96 bits per heavy atom. The first-order chi connectivity index (χ1) is 12.7. The number of carbonyl (C=O) groups excluding carboxylic acids is 1. The van der Waals surface area contributed by atoms with Crippen LogP contribution in [0.4, 0.5) is 0 Å². The number of rotatable bonds is 10. The van der Waals surface area contributed by atoms with Crippen LogP contribution in [0.1, 0.15) is 48.0 Å². The Morgan fingerprint density at radius 1 is 1.37 bits per heavy atom. The van der Waals surface area contributed by atoms with Gasteiger partial charge < -0.3 is 18.5 Å². The highest BCUT2D eigenvalue weighted by Gasteiger charge is 2.45. The van der Waals surface area contributed by atoms with Crippen molar-refractivity contribution in [1.29, 1.82) is 0 Å². The molecule has 0 amide bonds. The van der Waals surface area contributed by atoms with Crippen molar-refractivity contribution in [1.82, 2.24) is 0 Å². The summed E-state index contributed by atoms with van der Waals surface area (Å²) in [4.78, 5) is 14.5. The fourth-order valence-electron chi connectivity index (χ4n) is 2.93. The molecule has 0 bridgehead atoms. The van der Waals surface area contributed by atoms with Crippen LogP contribution in [0.2, 0.25) is 0 Å². The summed E-state index contributed by atoms with van der Waals surface area (Å²) >= 11 is 0. The van der Waals surface area contributed by atoms with Crippen LogP contribution in [0.15, 0.2) is 16.7 Å². The van der Waals surface area contributed by atoms with Gasteiger partial charge in [-0.25, -0.2) is 0 Å². The SMILES string of the molecule is CCOP(=O)(OCC)C1=C[C@H](N=[N+]=[N-])[C@@H](C)[C@H]([C@H](OC(C)=O)[C@H](C)CC)O1. The molecule has 1 heterocycles. The van der Waals surface area contributed by atoms with Gasteiger partial charge in [0.25, 0.3) is 0 Å². The Balaban J connectivity index is 3.38. The fraction of sp³-hybridized carbons (Fsp3) is 0.824. The van der Waals surface area contributed by atoms with Crippen molar-refractivity contribution in [2.45, 2.75) is 66.2 Å². The zero-order valence-electron chi connectivity index (χ0n) is 16.8. The number of esters is 1. The van der Waals surface area contributed by atoms with Gasteiger partial charge in [0, 0.05) is 17.8 Å². The maximum Gasteiger partial charge on any atom is 0.395 e. The van der Waals surface area contributed by atoms with E-state index in [2.05, 4.69) is 10.0 Å². The molecule has 0 fully saturated rings. The van der Waals surface area contributed by atoms with E-state index in [1.165, 1.54) is 13.0 Å². The lowest BCUT2D eigenvalue weighted by molar-refractivity contribution is -0.161. The van der Waals surface area contributed by atoms with Crippen LogP contribution >= 0.6 is 7.60 Å². The summed E-state index contributed by atoms with van der Waals surface area (Å²) in [7, 11) is -3.72. The highest BCUT2D eigenvalue weighted by Crippen LogP contribution is 2.58. The third-order valence-electron chi connectivity index (χ3n) is 4.51. The average Bonchev–Trinajstić information content (AvgIpc) is 2.61. The number of ether oxygens (including phenoxy) is 2. The summed E-state index contributed by atoms with van der Waals surface area (Å²) in [6.07, 6.45) is 0.964. The van der Waals surface area contributed by atoms with Gasteiger partial charge in [0.1, 0.15) is 12.2 Å². The first-order valence-corrected chi connectivity index (χ1v) is 10.8. The Bertz CT molecular complexity index is 624. The smallest absolute Gasteiger partial charge is 0.395 e. The van der Waals surface area contributed by atoms with E-state index in [1.807, 2.05) is 20.8 Å². The minimum Gasteiger partial charge on any atom is -0.478 e. The predicted octanol–water partition coefficient (Wildman–Crippen LogP) is 4.79. The standard InChI is InChI=1S/C17H30N3O6P/c1-7-11(4)16(25-13(6)21)17-12(5)14(19-20-18)10-15(26-17)27(22,23-8-2)24-9-3/h10-12,14,16-17H,7-9H2,1-6H3/t11-,12-,14+,16-,17-/m1/s1. The molecule has 1 aliphatic heterocycles. The van der Waals surface area contributed by atoms with E-state index >= 15 is 0 Å². The minimum absolute atomic E-state index is 0.00726. The van der Waals surface area contributed by atoms with Gasteiger partial charge >= 0.3 is 13.6 Å². The highest BCUT2D eigenvalue weighted by molar-refractivity contribution is 7.58. The van der Waals surface area contributed by atoms with Gasteiger partial charge in [-0.1, -0.05) is 25.9 Å². The van der Waals surface area contributed by atoms with E-state index in [0.717, 1.165) is 6.42 Å². The van der Waals surface area contributed by atoms with Crippen LogP contribution in [-0.4, -0.2) is 37.4 Å². The van der Waals surface area contributed by atoms with Crippen molar-refractivity contribution in [3.8, 4) is 0 Å². The molecule has 0 saturated heterocycles. The van der Waals surface area contributed by atoms with Crippen molar-refractivity contribution in [2.75, 3.05) is 13.2 Å². The molecule has 27 heavy (non-hydrogen) atoms. The van der Waals surface area contributed by atoms with Crippen molar-refractivity contribution < 1.29 is 27.9 Å². The minimum atomic E-state index is -3.72. The number of azide groups is 1. The van der Waals surface area contributed by atoms with Gasteiger partial charge in [0.05, 0.1) is 19.3 Å². The molecule has 0 spiro atoms. The molecule has 0 aromatic heterocycles. The van der Waals surface area contributed by atoms with Gasteiger partial charge in [-0.2, -0.15) is 0 Å². The van der Waals surface area contributed by atoms with Gasteiger partial charge in [-0.05, 0) is 37.8 Å². The Kier molecular flexibility index (Phi) is 9.33. The summed E-state index contributed by atoms with van der Waals surface area (Å²) in [5.41, 5.74) is 8.92. The Hall–Kier alpha value is -1.53. The number of carbonyl (C=O) groups is 1. The average molecular weight is 403 g/mol. The Morgan fingerprint density at radius 3 is 2.41 bits per heavy atom. The first kappa shape index (κ1) is 23.5. The Labute approximate surface area is 160 Å². The number of hydrogen-bond donors (Lipinski definition) is 0. The van der Waals surface area contributed by atoms with E-state index in [-0.39, 0.29) is 30.5 Å². The molecule has 0 aliphatic carbocycles. The third-order valence-corrected chi connectivity index (χ3v) is 6.50. The van der Waals surface area contributed by atoms with Gasteiger partial charge in [-0.15, -0.1) is 0 Å². The van der Waals surface area contributed by atoms with E-state index < -0.39 is 31.8 Å². The molecule has 0 saturated carbocycles. The quantitative estimate of drug-likeness (QED) is 0.170. The topological polar surface area (TPSA) is 120 Å². The van der Waals surface area contributed by atoms with Crippen molar-refractivity contribution >= 4 is 13.6 Å². The molecule has 10 heteroatoms. The predicted molar refractivity (Wildman–Crippen MR) is 101 cm³/mol. The maximum atomic E-state index is 13.2. The van der Waals surface area contributed by atoms with Crippen LogP contribution in [-0.2, 0) is 27.9 Å². The van der Waals surface area contributed by atoms with E-state index in [4.69, 9.17) is 24.1 Å². The lowest BCUT2D eigenvalue weighted by atomic mass is 9.85. The molecular weight excluding hydrogens is 373 g/mol. The van der Waals surface area contributed by atoms with Crippen LogP contribution in [0, 0.1) is 11.8 Å². The van der Waals surface area contributed by atoms with Gasteiger partial charge in [0.15, 0.2) is 0 Å². The summed E-state index contributed by atoms with van der Waals surface area (Å²) in [6.45, 7) is 10.8. The molecule has 0 N–H and O–H groups in total. The summed E-state index contributed by atoms with van der Waals surface area (Å²) in [6, 6.07) is -0.639. The molecule has 0 unspecified atom stereocenters. The second kappa shape index (κ2) is 10.7.